The van der Waals surface area contributed by atoms with E-state index in [9.17, 15) is 0 Å². The molecule has 8 nitrogen and oxygen atoms in total. The van der Waals surface area contributed by atoms with Crippen molar-refractivity contribution in [2.24, 2.45) is 0 Å². The standard InChI is InChI=1S/C24H18Cl4N4O4/c1-33-21-13(25)9-5-6-11-15(27)23(35-3)19(31-11)20-24(36-4)16(28)12(32-20)8-7-10-14(26)22(34-2)18(30-10)17(21)29-9/h5-8,29,32H,1-4H3. The van der Waals surface area contributed by atoms with Crippen molar-refractivity contribution in [3.63, 3.8) is 0 Å². The molecular weight excluding hydrogens is 550 g/mol. The van der Waals surface area contributed by atoms with Gasteiger partial charge in [-0.15, -0.1) is 0 Å². The lowest BCUT2D eigenvalue weighted by molar-refractivity contribution is 0.371. The van der Waals surface area contributed by atoms with Crippen LogP contribution in [0.3, 0.4) is 0 Å². The zero-order valence-electron chi connectivity index (χ0n) is 19.3. The largest absolute Gasteiger partial charge is 0.493 e. The summed E-state index contributed by atoms with van der Waals surface area (Å²) in [6.07, 6.45) is 0. The molecule has 36 heavy (non-hydrogen) atoms. The van der Waals surface area contributed by atoms with Crippen LogP contribution in [0.1, 0.15) is 22.8 Å². The highest BCUT2D eigenvalue weighted by atomic mass is 35.5. The molecule has 2 aliphatic rings. The highest BCUT2D eigenvalue weighted by Crippen LogP contribution is 2.43. The fourth-order valence-electron chi connectivity index (χ4n) is 4.04. The van der Waals surface area contributed by atoms with Crippen LogP contribution < -0.4 is 9.47 Å². The van der Waals surface area contributed by atoms with Crippen molar-refractivity contribution in [3.05, 3.63) is 57.1 Å². The first-order chi connectivity index (χ1) is 17.3. The number of fused-ring (bicyclic) bond motifs is 10. The summed E-state index contributed by atoms with van der Waals surface area (Å²) >= 11 is 26.5. The maximum absolute atomic E-state index is 6.64. The second-order valence-corrected chi connectivity index (χ2v) is 9.09. The Kier molecular flexibility index (Phi) is 6.46. The van der Waals surface area contributed by atoms with Gasteiger partial charge in [-0.25, -0.2) is 9.97 Å². The summed E-state index contributed by atoms with van der Waals surface area (Å²) in [5, 5.41) is 1.29. The third-order valence-corrected chi connectivity index (χ3v) is 7.18. The third kappa shape index (κ3) is 3.67. The van der Waals surface area contributed by atoms with E-state index in [0.717, 1.165) is 0 Å². The lowest BCUT2D eigenvalue weighted by Crippen LogP contribution is -1.89. The highest BCUT2D eigenvalue weighted by molar-refractivity contribution is 6.53. The quantitative estimate of drug-likeness (QED) is 0.350. The first kappa shape index (κ1) is 24.6. The number of hydrogen-bond acceptors (Lipinski definition) is 6. The summed E-state index contributed by atoms with van der Waals surface area (Å²) in [5.41, 5.74) is 3.81. The number of hydrogen-bond donors (Lipinski definition) is 2. The van der Waals surface area contributed by atoms with Gasteiger partial charge >= 0.3 is 0 Å². The molecule has 3 aromatic heterocycles. The van der Waals surface area contributed by atoms with Crippen LogP contribution in [0.5, 0.6) is 11.5 Å². The van der Waals surface area contributed by atoms with Gasteiger partial charge in [0.25, 0.3) is 0 Å². The molecule has 0 aliphatic carbocycles. The fraction of sp³-hybridized carbons (Fsp3) is 0.167. The minimum absolute atomic E-state index is 0.308. The number of methoxy groups -OCH3 is 4. The number of halogens is 4. The van der Waals surface area contributed by atoms with Crippen LogP contribution in [0.2, 0.25) is 10.0 Å². The smallest absolute Gasteiger partial charge is 0.167 e. The molecule has 0 aromatic carbocycles. The maximum Gasteiger partial charge on any atom is 0.167 e. The lowest BCUT2D eigenvalue weighted by atomic mass is 10.3. The number of nitrogens with one attached hydrogen (secondary N) is 2. The van der Waals surface area contributed by atoms with Crippen molar-refractivity contribution in [3.8, 4) is 11.5 Å². The lowest BCUT2D eigenvalue weighted by Gasteiger charge is -2.03. The zero-order chi connectivity index (χ0) is 25.7. The Balaban J connectivity index is 2.00. The maximum atomic E-state index is 6.64. The van der Waals surface area contributed by atoms with Crippen molar-refractivity contribution < 1.29 is 18.9 Å². The van der Waals surface area contributed by atoms with Crippen LogP contribution in [0, 0.1) is 0 Å². The van der Waals surface area contributed by atoms with Gasteiger partial charge in [-0.3, -0.25) is 0 Å². The van der Waals surface area contributed by atoms with Gasteiger partial charge in [-0.1, -0.05) is 46.4 Å². The summed E-state index contributed by atoms with van der Waals surface area (Å²) in [4.78, 5) is 15.8. The normalized spacial score (nSPS) is 13.3. The van der Waals surface area contributed by atoms with Crippen molar-refractivity contribution in [1.82, 2.24) is 19.9 Å². The molecule has 2 aliphatic heterocycles. The molecule has 5 heterocycles. The van der Waals surface area contributed by atoms with E-state index < -0.39 is 0 Å². The molecule has 186 valence electrons. The van der Waals surface area contributed by atoms with Crippen molar-refractivity contribution in [1.29, 1.82) is 0 Å². The molecule has 3 aromatic rings. The summed E-state index contributed by atoms with van der Waals surface area (Å²) < 4.78 is 22.3. The monoisotopic (exact) mass is 566 g/mol. The third-order valence-electron chi connectivity index (χ3n) is 5.69. The molecule has 0 spiro atoms. The highest BCUT2D eigenvalue weighted by Gasteiger charge is 2.27. The van der Waals surface area contributed by atoms with Crippen LogP contribution in [0.25, 0.3) is 43.6 Å². The predicted molar refractivity (Wildman–Crippen MR) is 143 cm³/mol. The van der Waals surface area contributed by atoms with E-state index in [1.54, 1.807) is 24.3 Å². The van der Waals surface area contributed by atoms with Gasteiger partial charge in [-0.05, 0) is 24.3 Å². The van der Waals surface area contributed by atoms with E-state index >= 15 is 0 Å². The molecule has 12 heteroatoms. The van der Waals surface area contributed by atoms with E-state index in [-0.39, 0.29) is 0 Å². The van der Waals surface area contributed by atoms with Crippen molar-refractivity contribution in [2.75, 3.05) is 28.4 Å². The average Bonchev–Trinajstić information content (AvgIpc) is 3.56. The Morgan fingerprint density at radius 1 is 0.583 bits per heavy atom. The molecule has 2 N–H and O–H groups in total. The molecule has 5 rings (SSSR count). The van der Waals surface area contributed by atoms with Gasteiger partial charge in [0, 0.05) is 0 Å². The minimum atomic E-state index is 0.308. The number of rotatable bonds is 4. The average molecular weight is 568 g/mol. The van der Waals surface area contributed by atoms with Gasteiger partial charge in [0.15, 0.2) is 23.0 Å². The zero-order valence-corrected chi connectivity index (χ0v) is 22.4. The molecule has 8 bridgehead atoms. The Bertz CT molecular complexity index is 1520. The first-order valence-corrected chi connectivity index (χ1v) is 11.9. The Morgan fingerprint density at radius 3 is 1.31 bits per heavy atom. The van der Waals surface area contributed by atoms with E-state index in [2.05, 4.69) is 19.9 Å². The van der Waals surface area contributed by atoms with Crippen LogP contribution in [-0.2, 0) is 9.47 Å². The molecule has 0 amide bonds. The topological polar surface area (TPSA) is 94.3 Å². The van der Waals surface area contributed by atoms with E-state index in [1.807, 2.05) is 0 Å². The van der Waals surface area contributed by atoms with Crippen LogP contribution >= 0.6 is 46.4 Å². The number of H-pyrrole nitrogens is 2. The Morgan fingerprint density at radius 2 is 0.972 bits per heavy atom. The summed E-state index contributed by atoms with van der Waals surface area (Å²) in [6.45, 7) is 0. The number of aromatic amines is 2. The second kappa shape index (κ2) is 9.44. The van der Waals surface area contributed by atoms with Gasteiger partial charge in [0.05, 0.1) is 50.9 Å². The predicted octanol–water partition coefficient (Wildman–Crippen LogP) is 7.06. The summed E-state index contributed by atoms with van der Waals surface area (Å²) in [7, 11) is 6.04. The van der Waals surface area contributed by atoms with Gasteiger partial charge in [0.2, 0.25) is 0 Å². The molecule has 0 fully saturated rings. The van der Waals surface area contributed by atoms with Crippen LogP contribution in [0.4, 0.5) is 0 Å². The molecule has 0 unspecified atom stereocenters. The molecule has 0 saturated carbocycles. The molecule has 0 saturated heterocycles. The van der Waals surface area contributed by atoms with E-state index in [1.165, 1.54) is 28.4 Å². The van der Waals surface area contributed by atoms with Crippen LogP contribution in [-0.4, -0.2) is 48.4 Å². The Labute approximate surface area is 225 Å². The van der Waals surface area contributed by atoms with Crippen LogP contribution in [0.15, 0.2) is 24.3 Å². The van der Waals surface area contributed by atoms with Crippen molar-refractivity contribution >= 4 is 90.1 Å². The first-order valence-electron chi connectivity index (χ1n) is 10.4. The molecular formula is C24H18Cl4N4O4. The minimum Gasteiger partial charge on any atom is -0.493 e. The number of nitrogens with zero attached hydrogens (tertiary/aromatic N) is 2. The number of ether oxygens (including phenoxy) is 4. The van der Waals surface area contributed by atoms with Gasteiger partial charge in [0.1, 0.15) is 42.5 Å². The SMILES string of the molecule is COC1=C(Cl)c2ccc3[nH]c(c4nc(ccc5[nH]c(c1n2)c(OC)c5Cl)C(Cl)=C4OC)c(OC)c3Cl. The van der Waals surface area contributed by atoms with Crippen molar-refractivity contribution in [2.45, 2.75) is 0 Å². The fourth-order valence-corrected chi connectivity index (χ4v) is 5.15. The van der Waals surface area contributed by atoms with Gasteiger partial charge in [-0.2, -0.15) is 0 Å². The summed E-state index contributed by atoms with van der Waals surface area (Å²) in [6, 6.07) is 6.85. The second-order valence-electron chi connectivity index (χ2n) is 7.57. The van der Waals surface area contributed by atoms with Gasteiger partial charge < -0.3 is 28.9 Å². The van der Waals surface area contributed by atoms with E-state index in [0.29, 0.717) is 88.0 Å². The number of aromatic nitrogens is 4. The molecule has 0 atom stereocenters. The summed E-state index contributed by atoms with van der Waals surface area (Å²) in [5.74, 6) is 1.48. The Hall–Kier alpha value is -3.04. The van der Waals surface area contributed by atoms with E-state index in [4.69, 9.17) is 65.4 Å². The molecule has 0 radical (unpaired) electrons.